The average molecular weight is 311 g/mol. The van der Waals surface area contributed by atoms with Gasteiger partial charge in [-0.05, 0) is 42.0 Å². The van der Waals surface area contributed by atoms with Crippen LogP contribution in [-0.4, -0.2) is 27.8 Å². The third kappa shape index (κ3) is 2.58. The van der Waals surface area contributed by atoms with Crippen molar-refractivity contribution in [1.82, 2.24) is 5.01 Å². The highest BCUT2D eigenvalue weighted by Gasteiger charge is 2.35. The number of carbonyl (C=O) groups is 1. The number of hydrogen-bond donors (Lipinski definition) is 1. The first-order chi connectivity index (χ1) is 10.6. The molecule has 1 atom stereocenters. The third-order valence-electron chi connectivity index (χ3n) is 3.33. The molecule has 0 saturated heterocycles. The van der Waals surface area contributed by atoms with Crippen LogP contribution in [0, 0.1) is 0 Å². The number of carbonyl (C=O) groups excluding carboxylic acids is 1. The number of hydrogen-bond acceptors (Lipinski definition) is 5. The van der Waals surface area contributed by atoms with Gasteiger partial charge in [0.25, 0.3) is 5.91 Å². The molecule has 0 radical (unpaired) electrons. The molecule has 0 unspecified atom stereocenters. The van der Waals surface area contributed by atoms with Gasteiger partial charge in [-0.2, -0.15) is 20.3 Å². The van der Waals surface area contributed by atoms with Gasteiger partial charge < -0.3 is 5.73 Å². The van der Waals surface area contributed by atoms with Gasteiger partial charge in [-0.25, -0.2) is 0 Å². The predicted octanol–water partition coefficient (Wildman–Crippen LogP) is 2.75. The highest BCUT2D eigenvalue weighted by Crippen LogP contribution is 2.22. The zero-order valence-electron chi connectivity index (χ0n) is 11.8. The van der Waals surface area contributed by atoms with Crippen molar-refractivity contribution >= 4 is 45.4 Å². The Labute approximate surface area is 132 Å². The van der Waals surface area contributed by atoms with Gasteiger partial charge in [-0.15, -0.1) is 0 Å². The highest BCUT2D eigenvalue weighted by molar-refractivity contribution is 7.80. The molecule has 0 spiro atoms. The zero-order chi connectivity index (χ0) is 15.7. The molecular weight excluding hydrogens is 298 g/mol. The standard InChI is InChI=1S/C15H13N5OS/c1-9-13(14(21)20(19-9)15(16)22)18-17-12-7-6-10-4-2-3-5-11(10)8-12/h2-8,13H,1H3,(H2,16,22)/t13-/m0/s1. The van der Waals surface area contributed by atoms with E-state index < -0.39 is 6.04 Å². The number of rotatable bonds is 2. The van der Waals surface area contributed by atoms with Crippen molar-refractivity contribution in [3.63, 3.8) is 0 Å². The van der Waals surface area contributed by atoms with Crippen molar-refractivity contribution in [2.24, 2.45) is 21.1 Å². The van der Waals surface area contributed by atoms with E-state index in [9.17, 15) is 4.79 Å². The lowest BCUT2D eigenvalue weighted by atomic mass is 10.1. The van der Waals surface area contributed by atoms with Crippen LogP contribution in [0.5, 0.6) is 0 Å². The lowest BCUT2D eigenvalue weighted by molar-refractivity contribution is -0.126. The van der Waals surface area contributed by atoms with E-state index in [0.29, 0.717) is 11.4 Å². The molecule has 2 aromatic carbocycles. The lowest BCUT2D eigenvalue weighted by Crippen LogP contribution is -2.37. The number of amides is 1. The number of nitrogens with zero attached hydrogens (tertiary/aromatic N) is 4. The van der Waals surface area contributed by atoms with Crippen molar-refractivity contribution in [2.75, 3.05) is 0 Å². The molecular formula is C15H13N5OS. The van der Waals surface area contributed by atoms with E-state index in [4.69, 9.17) is 18.0 Å². The molecule has 6 nitrogen and oxygen atoms in total. The Morgan fingerprint density at radius 3 is 2.68 bits per heavy atom. The first-order valence-corrected chi connectivity index (χ1v) is 7.05. The summed E-state index contributed by atoms with van der Waals surface area (Å²) in [5.74, 6) is -0.380. The van der Waals surface area contributed by atoms with E-state index in [2.05, 4.69) is 15.3 Å². The summed E-state index contributed by atoms with van der Waals surface area (Å²) in [5.41, 5.74) is 6.63. The second-order valence-electron chi connectivity index (χ2n) is 4.88. The van der Waals surface area contributed by atoms with Crippen LogP contribution in [0.25, 0.3) is 10.8 Å². The molecule has 2 aromatic rings. The Kier molecular flexibility index (Phi) is 3.64. The maximum absolute atomic E-state index is 12.1. The van der Waals surface area contributed by atoms with Crippen molar-refractivity contribution in [3.05, 3.63) is 42.5 Å². The topological polar surface area (TPSA) is 83.4 Å². The highest BCUT2D eigenvalue weighted by atomic mass is 32.1. The smallest absolute Gasteiger partial charge is 0.282 e. The van der Waals surface area contributed by atoms with E-state index >= 15 is 0 Å². The molecule has 3 rings (SSSR count). The Bertz CT molecular complexity index is 830. The molecule has 0 fully saturated rings. The molecule has 1 heterocycles. The lowest BCUT2D eigenvalue weighted by Gasteiger charge is -2.08. The molecule has 110 valence electrons. The Morgan fingerprint density at radius 2 is 2.00 bits per heavy atom. The molecule has 0 bridgehead atoms. The molecule has 0 aliphatic carbocycles. The van der Waals surface area contributed by atoms with Crippen molar-refractivity contribution in [3.8, 4) is 0 Å². The van der Waals surface area contributed by atoms with Crippen LogP contribution >= 0.6 is 12.2 Å². The Morgan fingerprint density at radius 1 is 1.27 bits per heavy atom. The van der Waals surface area contributed by atoms with Crippen LogP contribution in [0.15, 0.2) is 57.8 Å². The number of benzene rings is 2. The van der Waals surface area contributed by atoms with Gasteiger partial charge in [0.1, 0.15) is 0 Å². The normalized spacial score (nSPS) is 18.2. The second-order valence-corrected chi connectivity index (χ2v) is 5.30. The van der Waals surface area contributed by atoms with Crippen LogP contribution in [0.2, 0.25) is 0 Å². The zero-order valence-corrected chi connectivity index (χ0v) is 12.6. The minimum atomic E-state index is -0.770. The second kappa shape index (κ2) is 5.61. The monoisotopic (exact) mass is 311 g/mol. The van der Waals surface area contributed by atoms with Crippen LogP contribution < -0.4 is 5.73 Å². The van der Waals surface area contributed by atoms with Gasteiger partial charge in [-0.1, -0.05) is 30.3 Å². The van der Waals surface area contributed by atoms with Gasteiger partial charge >= 0.3 is 0 Å². The number of thiocarbonyl (C=S) groups is 1. The summed E-state index contributed by atoms with van der Waals surface area (Å²) in [5, 5.41) is 15.3. The summed E-state index contributed by atoms with van der Waals surface area (Å²) in [6.45, 7) is 1.69. The summed E-state index contributed by atoms with van der Waals surface area (Å²) in [7, 11) is 0. The first kappa shape index (κ1) is 14.3. The van der Waals surface area contributed by atoms with Crippen molar-refractivity contribution in [1.29, 1.82) is 0 Å². The number of azo groups is 1. The fourth-order valence-electron chi connectivity index (χ4n) is 2.21. The molecule has 22 heavy (non-hydrogen) atoms. The van der Waals surface area contributed by atoms with Crippen LogP contribution in [-0.2, 0) is 4.79 Å². The fourth-order valence-corrected chi connectivity index (χ4v) is 2.34. The van der Waals surface area contributed by atoms with Crippen LogP contribution in [0.4, 0.5) is 5.69 Å². The van der Waals surface area contributed by atoms with Crippen LogP contribution in [0.1, 0.15) is 6.92 Å². The average Bonchev–Trinajstić information content (AvgIpc) is 2.80. The Hall–Kier alpha value is -2.67. The quantitative estimate of drug-likeness (QED) is 0.683. The number of hydrazone groups is 1. The number of nitrogens with two attached hydrogens (primary N) is 1. The van der Waals surface area contributed by atoms with E-state index in [1.54, 1.807) is 6.92 Å². The van der Waals surface area contributed by atoms with Gasteiger partial charge in [0, 0.05) is 0 Å². The van der Waals surface area contributed by atoms with Crippen molar-refractivity contribution in [2.45, 2.75) is 13.0 Å². The van der Waals surface area contributed by atoms with Crippen molar-refractivity contribution < 1.29 is 4.79 Å². The Balaban J connectivity index is 1.85. The maximum Gasteiger partial charge on any atom is 0.282 e. The molecule has 1 aliphatic rings. The molecule has 0 saturated carbocycles. The summed E-state index contributed by atoms with van der Waals surface area (Å²) in [4.78, 5) is 12.1. The summed E-state index contributed by atoms with van der Waals surface area (Å²) < 4.78 is 0. The van der Waals surface area contributed by atoms with Gasteiger partial charge in [-0.3, -0.25) is 4.79 Å². The molecule has 1 amide bonds. The third-order valence-corrected chi connectivity index (χ3v) is 3.50. The summed E-state index contributed by atoms with van der Waals surface area (Å²) >= 11 is 4.77. The van der Waals surface area contributed by atoms with Gasteiger partial charge in [0.05, 0.1) is 11.4 Å². The summed E-state index contributed by atoms with van der Waals surface area (Å²) in [6, 6.07) is 12.9. The molecule has 2 N–H and O–H groups in total. The van der Waals surface area contributed by atoms with Crippen LogP contribution in [0.3, 0.4) is 0 Å². The fraction of sp³-hybridized carbons (Fsp3) is 0.133. The SMILES string of the molecule is CC1=NN(C(N)=S)C(=O)[C@H]1N=Nc1ccc2ccccc2c1. The number of fused-ring (bicyclic) bond motifs is 1. The van der Waals surface area contributed by atoms with Gasteiger partial charge in [0.2, 0.25) is 0 Å². The largest absolute Gasteiger partial charge is 0.374 e. The molecule has 1 aliphatic heterocycles. The molecule has 0 aromatic heterocycles. The van der Waals surface area contributed by atoms with E-state index in [1.807, 2.05) is 42.5 Å². The van der Waals surface area contributed by atoms with E-state index in [0.717, 1.165) is 15.8 Å². The minimum absolute atomic E-state index is 0.0900. The first-order valence-electron chi connectivity index (χ1n) is 6.64. The maximum atomic E-state index is 12.1. The minimum Gasteiger partial charge on any atom is -0.374 e. The summed E-state index contributed by atoms with van der Waals surface area (Å²) in [6.07, 6.45) is 0. The van der Waals surface area contributed by atoms with E-state index in [-0.39, 0.29) is 11.0 Å². The van der Waals surface area contributed by atoms with Gasteiger partial charge in [0.15, 0.2) is 11.2 Å². The van der Waals surface area contributed by atoms with E-state index in [1.165, 1.54) is 0 Å². The molecule has 7 heteroatoms. The predicted molar refractivity (Wildman–Crippen MR) is 89.0 cm³/mol.